The summed E-state index contributed by atoms with van der Waals surface area (Å²) in [7, 11) is 3.28. The van der Waals surface area contributed by atoms with Gasteiger partial charge in [-0.05, 0) is 104 Å². The quantitative estimate of drug-likeness (QED) is 0.194. The monoisotopic (exact) mass is 620 g/mol. The van der Waals surface area contributed by atoms with Gasteiger partial charge in [0.15, 0.2) is 13.6 Å². The molecule has 0 heterocycles. The summed E-state index contributed by atoms with van der Waals surface area (Å²) in [5, 5.41) is 9.48. The minimum atomic E-state index is -0.876. The number of hydrogen-bond acceptors (Lipinski definition) is 7. The predicted molar refractivity (Wildman–Crippen MR) is 154 cm³/mol. The van der Waals surface area contributed by atoms with Crippen LogP contribution in [0.5, 0.6) is 11.5 Å². The summed E-state index contributed by atoms with van der Waals surface area (Å²) in [4.78, 5) is 11.5. The molecule has 4 fully saturated rings. The van der Waals surface area contributed by atoms with E-state index in [9.17, 15) is 9.90 Å². The molecule has 8 nitrogen and oxygen atoms in total. The Morgan fingerprint density at radius 2 is 1.38 bits per heavy atom. The number of carboxylic acid groups (broad SMARTS) is 1. The maximum atomic E-state index is 11.5. The fraction of sp³-hybridized carbons (Fsp3) is 0.581. The molecule has 40 heavy (non-hydrogen) atoms. The molecule has 9 heteroatoms. The molecule has 0 saturated heterocycles. The highest BCUT2D eigenvalue weighted by atomic mass is 79.9. The van der Waals surface area contributed by atoms with Crippen LogP contribution in [-0.4, -0.2) is 65.3 Å². The Labute approximate surface area is 245 Å². The van der Waals surface area contributed by atoms with Gasteiger partial charge in [0.25, 0.3) is 0 Å². The molecule has 0 unspecified atom stereocenters. The fourth-order valence-electron chi connectivity index (χ4n) is 6.79. The molecule has 0 aromatic heterocycles. The molecule has 4 aliphatic carbocycles. The molecule has 6 rings (SSSR count). The van der Waals surface area contributed by atoms with E-state index >= 15 is 0 Å². The lowest BCUT2D eigenvalue weighted by Gasteiger charge is -2.57. The highest BCUT2D eigenvalue weighted by Gasteiger charge is 2.52. The molecule has 4 aliphatic rings. The predicted octanol–water partition coefficient (Wildman–Crippen LogP) is 6.30. The Morgan fingerprint density at radius 3 is 1.90 bits per heavy atom. The molecule has 0 atom stereocenters. The molecule has 4 saturated carbocycles. The number of methoxy groups -OCH3 is 2. The van der Waals surface area contributed by atoms with E-state index in [0.717, 1.165) is 39.3 Å². The zero-order chi connectivity index (χ0) is 28.4. The van der Waals surface area contributed by atoms with Crippen molar-refractivity contribution < 1.29 is 38.3 Å². The van der Waals surface area contributed by atoms with E-state index in [1.165, 1.54) is 38.5 Å². The van der Waals surface area contributed by atoms with Crippen LogP contribution in [0, 0.1) is 17.8 Å². The third kappa shape index (κ3) is 8.42. The van der Waals surface area contributed by atoms with Gasteiger partial charge in [0, 0.05) is 24.3 Å². The number of carbonyl (C=O) groups is 1. The van der Waals surface area contributed by atoms with Crippen LogP contribution in [0.3, 0.4) is 0 Å². The van der Waals surface area contributed by atoms with Crippen LogP contribution in [0.15, 0.2) is 46.9 Å². The first-order valence-electron chi connectivity index (χ1n) is 13.9. The van der Waals surface area contributed by atoms with E-state index < -0.39 is 5.97 Å². The van der Waals surface area contributed by atoms with Crippen LogP contribution in [0.25, 0.3) is 0 Å². The molecular formula is C31H41BrO8. The van der Waals surface area contributed by atoms with Gasteiger partial charge in [0.2, 0.25) is 0 Å². The van der Waals surface area contributed by atoms with Crippen molar-refractivity contribution in [2.75, 3.05) is 54.2 Å². The Morgan fingerprint density at radius 1 is 0.825 bits per heavy atom. The van der Waals surface area contributed by atoms with Crippen molar-refractivity contribution in [1.82, 2.24) is 0 Å². The minimum Gasteiger partial charge on any atom is -0.478 e. The number of benzene rings is 2. The number of hydrogen-bond donors (Lipinski definition) is 1. The summed E-state index contributed by atoms with van der Waals surface area (Å²) in [5.74, 6) is 3.08. The molecule has 0 aliphatic heterocycles. The topological polar surface area (TPSA) is 92.7 Å². The first-order valence-corrected chi connectivity index (χ1v) is 14.7. The Bertz CT molecular complexity index is 1040. The first kappa shape index (κ1) is 30.8. The lowest BCUT2D eigenvalue weighted by atomic mass is 9.48. The minimum absolute atomic E-state index is 0.0854. The van der Waals surface area contributed by atoms with Crippen LogP contribution >= 0.6 is 15.9 Å². The first-order chi connectivity index (χ1) is 19.4. The second-order valence-electron chi connectivity index (χ2n) is 11.0. The van der Waals surface area contributed by atoms with Gasteiger partial charge in [0.05, 0.1) is 32.0 Å². The van der Waals surface area contributed by atoms with Gasteiger partial charge in [0.1, 0.15) is 11.5 Å². The molecule has 2 aromatic rings. The fourth-order valence-corrected chi connectivity index (χ4v) is 7.06. The van der Waals surface area contributed by atoms with Crippen molar-refractivity contribution in [2.24, 2.45) is 17.8 Å². The van der Waals surface area contributed by atoms with E-state index in [2.05, 4.69) is 15.9 Å². The Balaban J connectivity index is 0.000000224. The van der Waals surface area contributed by atoms with Gasteiger partial charge in [-0.15, -0.1) is 0 Å². The maximum absolute atomic E-state index is 11.5. The summed E-state index contributed by atoms with van der Waals surface area (Å²) in [6.07, 6.45) is 7.57. The Hall–Kier alpha value is -2.17. The third-order valence-corrected chi connectivity index (χ3v) is 8.65. The molecule has 0 spiro atoms. The van der Waals surface area contributed by atoms with Gasteiger partial charge >= 0.3 is 5.97 Å². The van der Waals surface area contributed by atoms with Gasteiger partial charge in [-0.1, -0.05) is 15.9 Å². The van der Waals surface area contributed by atoms with E-state index in [1.807, 2.05) is 36.4 Å². The Kier molecular flexibility index (Phi) is 11.7. The van der Waals surface area contributed by atoms with Gasteiger partial charge in [-0.2, -0.15) is 0 Å². The third-order valence-electron chi connectivity index (χ3n) is 8.12. The zero-order valence-electron chi connectivity index (χ0n) is 23.4. The number of ether oxygens (including phenoxy) is 6. The second-order valence-corrected chi connectivity index (χ2v) is 11.9. The molecule has 0 radical (unpaired) electrons. The molecule has 220 valence electrons. The SMILES string of the molecule is COCCOCOc1ccc(Br)cc1.COCCOCOc1ccc(C(=O)O)cc1C12CC3CC(CC(C3)C1)C2. The largest absolute Gasteiger partial charge is 0.478 e. The van der Waals surface area contributed by atoms with Gasteiger partial charge < -0.3 is 33.5 Å². The number of halogens is 1. The van der Waals surface area contributed by atoms with E-state index in [-0.39, 0.29) is 19.0 Å². The number of rotatable bonds is 14. The number of carboxylic acids is 1. The maximum Gasteiger partial charge on any atom is 0.335 e. The van der Waals surface area contributed by atoms with Crippen LogP contribution < -0.4 is 9.47 Å². The van der Waals surface area contributed by atoms with Crippen LogP contribution in [-0.2, 0) is 24.4 Å². The van der Waals surface area contributed by atoms with Crippen molar-refractivity contribution in [3.8, 4) is 11.5 Å². The molecular weight excluding hydrogens is 580 g/mol. The lowest BCUT2D eigenvalue weighted by molar-refractivity contribution is -0.0189. The number of aromatic carboxylic acids is 1. The highest BCUT2D eigenvalue weighted by molar-refractivity contribution is 9.10. The molecule has 4 bridgehead atoms. The van der Waals surface area contributed by atoms with Crippen molar-refractivity contribution in [3.05, 3.63) is 58.1 Å². The summed E-state index contributed by atoms with van der Waals surface area (Å²) in [6.45, 7) is 2.57. The average molecular weight is 622 g/mol. The van der Waals surface area contributed by atoms with Crippen molar-refractivity contribution in [2.45, 2.75) is 43.9 Å². The summed E-state index contributed by atoms with van der Waals surface area (Å²) < 4.78 is 32.7. The van der Waals surface area contributed by atoms with Crippen LogP contribution in [0.1, 0.15) is 54.4 Å². The molecule has 0 amide bonds. The van der Waals surface area contributed by atoms with E-state index in [1.54, 1.807) is 20.3 Å². The van der Waals surface area contributed by atoms with Crippen LogP contribution in [0.4, 0.5) is 0 Å². The molecule has 1 N–H and O–H groups in total. The molecule has 2 aromatic carbocycles. The summed E-state index contributed by atoms with van der Waals surface area (Å²) >= 11 is 3.34. The summed E-state index contributed by atoms with van der Waals surface area (Å²) in [6, 6.07) is 12.9. The van der Waals surface area contributed by atoms with E-state index in [4.69, 9.17) is 28.4 Å². The standard InChI is InChI=1S/C21H28O5.C10H13BrO3/c1-24-4-5-25-13-26-19-3-2-17(20(22)23)9-18(19)21-10-14-6-15(11-21)8-16(7-14)12-21;1-12-6-7-13-8-14-10-4-2-9(11)3-5-10/h2-3,9,14-16H,4-8,10-13H2,1H3,(H,22,23);2-5H,6-8H2,1H3. The average Bonchev–Trinajstić information content (AvgIpc) is 2.93. The summed E-state index contributed by atoms with van der Waals surface area (Å²) in [5.41, 5.74) is 1.53. The smallest absolute Gasteiger partial charge is 0.335 e. The van der Waals surface area contributed by atoms with E-state index in [0.29, 0.717) is 32.0 Å². The second kappa shape index (κ2) is 15.2. The van der Waals surface area contributed by atoms with Gasteiger partial charge in [-0.25, -0.2) is 4.79 Å². The van der Waals surface area contributed by atoms with Crippen molar-refractivity contribution in [3.63, 3.8) is 0 Å². The zero-order valence-corrected chi connectivity index (χ0v) is 25.0. The normalized spacial score (nSPS) is 24.3. The lowest BCUT2D eigenvalue weighted by Crippen LogP contribution is -2.48. The van der Waals surface area contributed by atoms with Crippen molar-refractivity contribution >= 4 is 21.9 Å². The van der Waals surface area contributed by atoms with Crippen molar-refractivity contribution in [1.29, 1.82) is 0 Å². The highest BCUT2D eigenvalue weighted by Crippen LogP contribution is 2.62. The van der Waals surface area contributed by atoms with Crippen LogP contribution in [0.2, 0.25) is 0 Å². The van der Waals surface area contributed by atoms with Gasteiger partial charge in [-0.3, -0.25) is 0 Å².